The number of carbonyl (C=O) groups is 2. The Morgan fingerprint density at radius 3 is 2.60 bits per heavy atom. The summed E-state index contributed by atoms with van der Waals surface area (Å²) in [6.07, 6.45) is 3.71. The number of carbonyl (C=O) groups excluding carboxylic acids is 2. The molecule has 1 aliphatic heterocycles. The number of nitrogens with zero attached hydrogens (tertiary/aromatic N) is 2. The Labute approximate surface area is 182 Å². The van der Waals surface area contributed by atoms with Gasteiger partial charge in [-0.15, -0.1) is 11.3 Å². The minimum Gasteiger partial charge on any atom is -0.448 e. The standard InChI is InChI=1S/C24H30N2O3S/c1-3-18-9-10-21-19(15-18)16-22(30-21)24(28)29-17(2)23(27)26-13-11-25(12-14-26)20-7-5-4-6-8-20/h4-8,16-18H,3,9-15H2,1-2H3/t17-,18-/m1/s1. The molecule has 0 N–H and O–H groups in total. The largest absolute Gasteiger partial charge is 0.448 e. The van der Waals surface area contributed by atoms with Gasteiger partial charge in [-0.2, -0.15) is 0 Å². The van der Waals surface area contributed by atoms with Crippen LogP contribution in [0.3, 0.4) is 0 Å². The zero-order valence-electron chi connectivity index (χ0n) is 17.8. The van der Waals surface area contributed by atoms with Gasteiger partial charge >= 0.3 is 5.97 Å². The lowest BCUT2D eigenvalue weighted by Crippen LogP contribution is -2.51. The lowest BCUT2D eigenvalue weighted by atomic mass is 9.87. The van der Waals surface area contributed by atoms with E-state index in [0.717, 1.165) is 25.9 Å². The molecule has 2 heterocycles. The molecule has 0 saturated carbocycles. The van der Waals surface area contributed by atoms with Crippen molar-refractivity contribution in [2.75, 3.05) is 31.1 Å². The minimum absolute atomic E-state index is 0.108. The number of thiophene rings is 1. The Balaban J connectivity index is 1.31. The number of rotatable bonds is 5. The Morgan fingerprint density at radius 2 is 1.90 bits per heavy atom. The van der Waals surface area contributed by atoms with E-state index in [2.05, 4.69) is 24.0 Å². The average Bonchev–Trinajstić information content (AvgIpc) is 3.22. The molecule has 4 rings (SSSR count). The van der Waals surface area contributed by atoms with Crippen molar-refractivity contribution in [3.05, 3.63) is 51.7 Å². The molecule has 0 spiro atoms. The Morgan fingerprint density at radius 1 is 1.17 bits per heavy atom. The highest BCUT2D eigenvalue weighted by Crippen LogP contribution is 2.34. The molecule has 2 aromatic rings. The van der Waals surface area contributed by atoms with Gasteiger partial charge in [0.15, 0.2) is 6.10 Å². The van der Waals surface area contributed by atoms with Crippen LogP contribution in [-0.4, -0.2) is 49.1 Å². The van der Waals surface area contributed by atoms with Gasteiger partial charge in [0.05, 0.1) is 0 Å². The highest BCUT2D eigenvalue weighted by molar-refractivity contribution is 7.14. The summed E-state index contributed by atoms with van der Waals surface area (Å²) >= 11 is 1.54. The summed E-state index contributed by atoms with van der Waals surface area (Å²) in [5, 5.41) is 0. The van der Waals surface area contributed by atoms with Gasteiger partial charge in [-0.25, -0.2) is 4.79 Å². The van der Waals surface area contributed by atoms with Gasteiger partial charge in [-0.3, -0.25) is 4.79 Å². The number of esters is 1. The molecule has 1 aromatic heterocycles. The van der Waals surface area contributed by atoms with E-state index in [0.29, 0.717) is 23.9 Å². The highest BCUT2D eigenvalue weighted by Gasteiger charge is 2.29. The van der Waals surface area contributed by atoms with Gasteiger partial charge in [0.25, 0.3) is 5.91 Å². The smallest absolute Gasteiger partial charge is 0.349 e. The highest BCUT2D eigenvalue weighted by atomic mass is 32.1. The van der Waals surface area contributed by atoms with Gasteiger partial charge in [-0.1, -0.05) is 31.5 Å². The molecule has 5 nitrogen and oxygen atoms in total. The summed E-state index contributed by atoms with van der Waals surface area (Å²) in [6, 6.07) is 12.2. The van der Waals surface area contributed by atoms with Crippen LogP contribution in [-0.2, 0) is 22.4 Å². The first-order chi connectivity index (χ1) is 14.5. The van der Waals surface area contributed by atoms with E-state index in [1.54, 1.807) is 6.92 Å². The van der Waals surface area contributed by atoms with Gasteiger partial charge in [0, 0.05) is 36.7 Å². The molecule has 0 radical (unpaired) electrons. The van der Waals surface area contributed by atoms with Crippen LogP contribution in [0.15, 0.2) is 36.4 Å². The van der Waals surface area contributed by atoms with Crippen molar-refractivity contribution >= 4 is 28.9 Å². The minimum atomic E-state index is -0.761. The summed E-state index contributed by atoms with van der Waals surface area (Å²) < 4.78 is 5.56. The first kappa shape index (κ1) is 20.9. The maximum Gasteiger partial charge on any atom is 0.349 e. The van der Waals surface area contributed by atoms with Crippen molar-refractivity contribution in [3.8, 4) is 0 Å². The van der Waals surface area contributed by atoms with Crippen molar-refractivity contribution in [2.24, 2.45) is 5.92 Å². The topological polar surface area (TPSA) is 49.9 Å². The molecular weight excluding hydrogens is 396 g/mol. The number of hydrogen-bond donors (Lipinski definition) is 0. The van der Waals surface area contributed by atoms with Gasteiger partial charge < -0.3 is 14.5 Å². The molecule has 0 unspecified atom stereocenters. The number of benzene rings is 1. The van der Waals surface area contributed by atoms with Gasteiger partial charge in [0.2, 0.25) is 0 Å². The number of ether oxygens (including phenoxy) is 1. The zero-order chi connectivity index (χ0) is 21.1. The number of aryl methyl sites for hydroxylation is 1. The molecule has 2 aliphatic rings. The van der Waals surface area contributed by atoms with Crippen LogP contribution in [0.25, 0.3) is 0 Å². The van der Waals surface area contributed by atoms with Crippen LogP contribution < -0.4 is 4.90 Å². The van der Waals surface area contributed by atoms with Crippen LogP contribution in [0.5, 0.6) is 0 Å². The molecule has 1 saturated heterocycles. The molecule has 1 aliphatic carbocycles. The second kappa shape index (κ2) is 9.21. The van der Waals surface area contributed by atoms with Crippen LogP contribution in [0.2, 0.25) is 0 Å². The first-order valence-electron chi connectivity index (χ1n) is 11.0. The fourth-order valence-corrected chi connectivity index (χ4v) is 5.49. The number of anilines is 1. The quantitative estimate of drug-likeness (QED) is 0.674. The number of para-hydroxylation sites is 1. The summed E-state index contributed by atoms with van der Waals surface area (Å²) in [4.78, 5) is 31.5. The number of fused-ring (bicyclic) bond motifs is 1. The predicted octanol–water partition coefficient (Wildman–Crippen LogP) is 4.16. The maximum atomic E-state index is 12.8. The summed E-state index contributed by atoms with van der Waals surface area (Å²) in [5.41, 5.74) is 2.47. The Kier molecular flexibility index (Phi) is 6.42. The van der Waals surface area contributed by atoms with Gasteiger partial charge in [-0.05, 0) is 55.9 Å². The second-order valence-electron chi connectivity index (χ2n) is 8.27. The fraction of sp³-hybridized carbons (Fsp3) is 0.500. The molecule has 0 bridgehead atoms. The second-order valence-corrected chi connectivity index (χ2v) is 9.41. The molecular formula is C24H30N2O3S. The lowest BCUT2D eigenvalue weighted by Gasteiger charge is -2.37. The number of hydrogen-bond acceptors (Lipinski definition) is 5. The Hall–Kier alpha value is -2.34. The van der Waals surface area contributed by atoms with E-state index in [4.69, 9.17) is 4.74 Å². The van der Waals surface area contributed by atoms with Crippen molar-refractivity contribution in [1.29, 1.82) is 0 Å². The molecule has 1 amide bonds. The molecule has 2 atom stereocenters. The SMILES string of the molecule is CC[C@@H]1CCc2sc(C(=O)O[C@H](C)C(=O)N3CCN(c4ccccc4)CC3)cc2C1. The maximum absolute atomic E-state index is 12.8. The molecule has 6 heteroatoms. The van der Waals surface area contributed by atoms with E-state index in [1.165, 1.54) is 40.3 Å². The van der Waals surface area contributed by atoms with Crippen molar-refractivity contribution in [1.82, 2.24) is 4.90 Å². The van der Waals surface area contributed by atoms with Crippen LogP contribution >= 0.6 is 11.3 Å². The van der Waals surface area contributed by atoms with E-state index < -0.39 is 6.10 Å². The van der Waals surface area contributed by atoms with E-state index >= 15 is 0 Å². The summed E-state index contributed by atoms with van der Waals surface area (Å²) in [5.74, 6) is 0.237. The summed E-state index contributed by atoms with van der Waals surface area (Å²) in [6.45, 7) is 6.76. The van der Waals surface area contributed by atoms with Crippen LogP contribution in [0.4, 0.5) is 5.69 Å². The van der Waals surface area contributed by atoms with Crippen molar-refractivity contribution < 1.29 is 14.3 Å². The van der Waals surface area contributed by atoms with E-state index in [9.17, 15) is 9.59 Å². The third kappa shape index (κ3) is 4.53. The van der Waals surface area contributed by atoms with Crippen molar-refractivity contribution in [3.63, 3.8) is 0 Å². The number of amides is 1. The molecule has 1 fully saturated rings. The molecule has 160 valence electrons. The van der Waals surface area contributed by atoms with E-state index in [-0.39, 0.29) is 11.9 Å². The Bertz CT molecular complexity index is 887. The normalized spacial score (nSPS) is 19.9. The third-order valence-corrected chi connectivity index (χ3v) is 7.52. The van der Waals surface area contributed by atoms with Crippen molar-refractivity contribution in [2.45, 2.75) is 45.6 Å². The first-order valence-corrected chi connectivity index (χ1v) is 11.8. The lowest BCUT2D eigenvalue weighted by molar-refractivity contribution is -0.140. The fourth-order valence-electron chi connectivity index (χ4n) is 4.40. The molecule has 1 aromatic carbocycles. The number of piperazine rings is 1. The van der Waals surface area contributed by atoms with Gasteiger partial charge in [0.1, 0.15) is 4.88 Å². The summed E-state index contributed by atoms with van der Waals surface area (Å²) in [7, 11) is 0. The predicted molar refractivity (Wildman–Crippen MR) is 120 cm³/mol. The third-order valence-electron chi connectivity index (χ3n) is 6.31. The zero-order valence-corrected chi connectivity index (χ0v) is 18.6. The average molecular weight is 427 g/mol. The molecule has 30 heavy (non-hydrogen) atoms. The monoisotopic (exact) mass is 426 g/mol. The van der Waals surface area contributed by atoms with E-state index in [1.807, 2.05) is 29.2 Å². The van der Waals surface area contributed by atoms with Crippen LogP contribution in [0, 0.1) is 5.92 Å². The van der Waals surface area contributed by atoms with Crippen LogP contribution in [0.1, 0.15) is 46.8 Å².